The van der Waals surface area contributed by atoms with E-state index in [2.05, 4.69) is 9.36 Å². The van der Waals surface area contributed by atoms with Crippen LogP contribution in [-0.2, 0) is 0 Å². The third-order valence-electron chi connectivity index (χ3n) is 2.46. The van der Waals surface area contributed by atoms with E-state index in [1.165, 1.54) is 16.4 Å². The number of rotatable bonds is 2. The van der Waals surface area contributed by atoms with E-state index in [0.29, 0.717) is 6.61 Å². The van der Waals surface area contributed by atoms with Crippen molar-refractivity contribution >= 4 is 22.4 Å². The van der Waals surface area contributed by atoms with Crippen LogP contribution in [-0.4, -0.2) is 16.0 Å². The zero-order valence-electron chi connectivity index (χ0n) is 15.0. The molecule has 0 spiro atoms. The number of para-hydroxylation sites is 1. The van der Waals surface area contributed by atoms with Crippen LogP contribution < -0.4 is 4.74 Å². The molecular weight excluding hydrogens is 304 g/mol. The zero-order valence-corrected chi connectivity index (χ0v) is 15.9. The van der Waals surface area contributed by atoms with Crippen molar-refractivity contribution in [2.24, 2.45) is 0 Å². The average Bonchev–Trinajstić information content (AvgIpc) is 3.11. The first-order chi connectivity index (χ1) is 11.3. The normalized spacial score (nSPS) is 8.61. The number of hydrogen-bond acceptors (Lipinski definition) is 4. The van der Waals surface area contributed by atoms with Gasteiger partial charge in [0.25, 0.3) is 0 Å². The molecule has 0 amide bonds. The molecule has 23 heavy (non-hydrogen) atoms. The summed E-state index contributed by atoms with van der Waals surface area (Å²) in [6.45, 7) is 12.7. The summed E-state index contributed by atoms with van der Waals surface area (Å²) < 4.78 is 9.32. The molecule has 0 aliphatic heterocycles. The third kappa shape index (κ3) is 7.75. The summed E-state index contributed by atoms with van der Waals surface area (Å²) in [7, 11) is 0. The van der Waals surface area contributed by atoms with Crippen LogP contribution in [0.2, 0.25) is 0 Å². The van der Waals surface area contributed by atoms with E-state index in [-0.39, 0.29) is 0 Å². The molecule has 4 heteroatoms. The van der Waals surface area contributed by atoms with E-state index in [1.807, 2.05) is 77.9 Å². The van der Waals surface area contributed by atoms with Gasteiger partial charge in [-0.15, -0.1) is 0 Å². The van der Waals surface area contributed by atoms with Crippen molar-refractivity contribution in [1.29, 1.82) is 0 Å². The fourth-order valence-corrected chi connectivity index (χ4v) is 2.04. The lowest BCUT2D eigenvalue weighted by molar-refractivity contribution is 0.343. The van der Waals surface area contributed by atoms with Gasteiger partial charge in [0.05, 0.1) is 6.61 Å². The molecule has 2 heterocycles. The highest BCUT2D eigenvalue weighted by molar-refractivity contribution is 7.05. The quantitative estimate of drug-likeness (QED) is 0.565. The van der Waals surface area contributed by atoms with Crippen molar-refractivity contribution in [2.75, 3.05) is 6.61 Å². The molecule has 0 unspecified atom stereocenters. The number of aromatic nitrogens is 2. The molecule has 0 saturated heterocycles. The standard InChI is InChI=1S/C11H11NO.C4H5NS.2C2H6/c1-2-13-10-7-3-5-9-6-4-8-12-11(9)10;1-4-2-3-5-6-4;2*1-2/h3-8H,2H2,1H3;2-3H,1H3;2*1-2H3. The first-order valence-corrected chi connectivity index (χ1v) is 8.92. The second-order valence-corrected chi connectivity index (χ2v) is 4.92. The van der Waals surface area contributed by atoms with Gasteiger partial charge in [-0.05, 0) is 43.6 Å². The Morgan fingerprint density at radius 3 is 2.17 bits per heavy atom. The van der Waals surface area contributed by atoms with Crippen molar-refractivity contribution in [3.8, 4) is 5.75 Å². The summed E-state index contributed by atoms with van der Waals surface area (Å²) in [5.41, 5.74) is 0.937. The Kier molecular flexibility index (Phi) is 12.5. The Balaban J connectivity index is 0.000000407. The molecule has 0 radical (unpaired) electrons. The van der Waals surface area contributed by atoms with Crippen LogP contribution in [0.5, 0.6) is 5.75 Å². The highest BCUT2D eigenvalue weighted by atomic mass is 32.1. The van der Waals surface area contributed by atoms with Crippen molar-refractivity contribution in [1.82, 2.24) is 9.36 Å². The van der Waals surface area contributed by atoms with Crippen molar-refractivity contribution < 1.29 is 4.74 Å². The van der Waals surface area contributed by atoms with Crippen LogP contribution in [0.1, 0.15) is 39.5 Å². The van der Waals surface area contributed by atoms with Gasteiger partial charge in [0.2, 0.25) is 0 Å². The summed E-state index contributed by atoms with van der Waals surface area (Å²) in [6.07, 6.45) is 3.59. The van der Waals surface area contributed by atoms with Gasteiger partial charge in [-0.3, -0.25) is 4.98 Å². The molecule has 0 atom stereocenters. The summed E-state index contributed by atoms with van der Waals surface area (Å²) in [5.74, 6) is 0.862. The molecule has 0 fully saturated rings. The number of fused-ring (bicyclic) bond motifs is 1. The molecule has 0 N–H and O–H groups in total. The van der Waals surface area contributed by atoms with E-state index < -0.39 is 0 Å². The van der Waals surface area contributed by atoms with Crippen LogP contribution >= 0.6 is 11.5 Å². The maximum absolute atomic E-state index is 5.46. The molecule has 2 aromatic heterocycles. The van der Waals surface area contributed by atoms with Gasteiger partial charge in [0, 0.05) is 22.7 Å². The number of ether oxygens (including phenoxy) is 1. The molecule has 0 saturated carbocycles. The van der Waals surface area contributed by atoms with Gasteiger partial charge in [0.1, 0.15) is 11.3 Å². The second-order valence-electron chi connectivity index (χ2n) is 3.89. The molecule has 3 nitrogen and oxygen atoms in total. The van der Waals surface area contributed by atoms with Gasteiger partial charge in [-0.25, -0.2) is 4.37 Å². The minimum Gasteiger partial charge on any atom is -0.492 e. The van der Waals surface area contributed by atoms with Crippen molar-refractivity contribution in [3.63, 3.8) is 0 Å². The summed E-state index contributed by atoms with van der Waals surface area (Å²) in [6, 6.07) is 11.9. The van der Waals surface area contributed by atoms with Crippen molar-refractivity contribution in [2.45, 2.75) is 41.5 Å². The van der Waals surface area contributed by atoms with Gasteiger partial charge in [-0.1, -0.05) is 45.9 Å². The number of hydrogen-bond donors (Lipinski definition) is 0. The smallest absolute Gasteiger partial charge is 0.145 e. The summed E-state index contributed by atoms with van der Waals surface area (Å²) in [5, 5.41) is 1.12. The van der Waals surface area contributed by atoms with E-state index in [1.54, 1.807) is 12.4 Å². The van der Waals surface area contributed by atoms with E-state index in [9.17, 15) is 0 Å². The highest BCUT2D eigenvalue weighted by Gasteiger charge is 2.00. The van der Waals surface area contributed by atoms with E-state index in [4.69, 9.17) is 4.74 Å². The Morgan fingerprint density at radius 1 is 0.957 bits per heavy atom. The van der Waals surface area contributed by atoms with E-state index in [0.717, 1.165) is 16.7 Å². The molecule has 0 aliphatic carbocycles. The summed E-state index contributed by atoms with van der Waals surface area (Å²) >= 11 is 1.53. The summed E-state index contributed by atoms with van der Waals surface area (Å²) in [4.78, 5) is 5.55. The fraction of sp³-hybridized carbons (Fsp3) is 0.368. The number of aryl methyl sites for hydroxylation is 1. The predicted octanol–water partition coefficient (Wildman–Crippen LogP) is 6.14. The Bertz CT molecular complexity index is 619. The molecule has 0 aliphatic rings. The van der Waals surface area contributed by atoms with Gasteiger partial charge >= 0.3 is 0 Å². The topological polar surface area (TPSA) is 35.0 Å². The molecule has 126 valence electrons. The number of nitrogens with zero attached hydrogens (tertiary/aromatic N) is 2. The SMILES string of the molecule is CC.CC.CCOc1cccc2cccnc12.Cc1ccns1. The van der Waals surface area contributed by atoms with E-state index >= 15 is 0 Å². The van der Waals surface area contributed by atoms with Gasteiger partial charge < -0.3 is 4.74 Å². The number of pyridine rings is 1. The zero-order chi connectivity index (χ0) is 17.5. The lowest BCUT2D eigenvalue weighted by atomic mass is 10.2. The van der Waals surface area contributed by atoms with Crippen LogP contribution in [0.4, 0.5) is 0 Å². The lowest BCUT2D eigenvalue weighted by Crippen LogP contribution is -1.92. The molecule has 3 rings (SSSR count). The second kappa shape index (κ2) is 13.7. The Labute approximate surface area is 144 Å². The predicted molar refractivity (Wildman–Crippen MR) is 102 cm³/mol. The van der Waals surface area contributed by atoms with Crippen LogP contribution in [0.3, 0.4) is 0 Å². The molecular formula is C19H28N2OS. The van der Waals surface area contributed by atoms with Gasteiger partial charge in [0.15, 0.2) is 0 Å². The Morgan fingerprint density at radius 2 is 1.65 bits per heavy atom. The number of benzene rings is 1. The minimum absolute atomic E-state index is 0.676. The lowest BCUT2D eigenvalue weighted by Gasteiger charge is -2.05. The van der Waals surface area contributed by atoms with Crippen molar-refractivity contribution in [3.05, 3.63) is 53.7 Å². The molecule has 3 aromatic rings. The minimum atomic E-state index is 0.676. The van der Waals surface area contributed by atoms with Crippen LogP contribution in [0, 0.1) is 6.92 Å². The first kappa shape index (κ1) is 21.1. The monoisotopic (exact) mass is 332 g/mol. The Hall–Kier alpha value is -1.94. The van der Waals surface area contributed by atoms with Crippen LogP contribution in [0.15, 0.2) is 48.8 Å². The average molecular weight is 333 g/mol. The fourth-order valence-electron chi connectivity index (χ4n) is 1.63. The maximum Gasteiger partial charge on any atom is 0.145 e. The molecule has 1 aromatic carbocycles. The molecule has 0 bridgehead atoms. The first-order valence-electron chi connectivity index (χ1n) is 8.15. The highest BCUT2D eigenvalue weighted by Crippen LogP contribution is 2.22. The third-order valence-corrected chi connectivity index (χ3v) is 3.11. The van der Waals surface area contributed by atoms with Crippen LogP contribution in [0.25, 0.3) is 10.9 Å². The van der Waals surface area contributed by atoms with Gasteiger partial charge in [-0.2, -0.15) is 0 Å². The maximum atomic E-state index is 5.46. The largest absolute Gasteiger partial charge is 0.492 e.